The van der Waals surface area contributed by atoms with Crippen LogP contribution in [0.1, 0.15) is 0 Å². The minimum absolute atomic E-state index is 0.0429. The molecule has 1 aromatic carbocycles. The summed E-state index contributed by atoms with van der Waals surface area (Å²) in [5, 5.41) is 0. The van der Waals surface area contributed by atoms with Crippen molar-refractivity contribution in [1.29, 1.82) is 0 Å². The van der Waals surface area contributed by atoms with Crippen molar-refractivity contribution in [3.63, 3.8) is 0 Å². The van der Waals surface area contributed by atoms with Gasteiger partial charge < -0.3 is 4.74 Å². The Morgan fingerprint density at radius 1 is 0.950 bits per heavy atom. The second kappa shape index (κ2) is 4.99. The number of halogens is 2. The lowest BCUT2D eigenvalue weighted by molar-refractivity contribution is 0.281. The van der Waals surface area contributed by atoms with E-state index in [1.807, 2.05) is 30.3 Å². The van der Waals surface area contributed by atoms with E-state index in [9.17, 15) is 0 Å². The van der Waals surface area contributed by atoms with Crippen molar-refractivity contribution in [2.45, 2.75) is 48.5 Å². The van der Waals surface area contributed by atoms with Crippen LogP contribution in [-0.4, -0.2) is 25.4 Å². The number of para-hydroxylation sites is 1. The lowest BCUT2D eigenvalue weighted by atomic mass is 10.3. The molecule has 0 bridgehead atoms. The summed E-state index contributed by atoms with van der Waals surface area (Å²) < 4.78 is 6.27. The first-order valence-electron chi connectivity index (χ1n) is 6.87. The highest BCUT2D eigenvalue weighted by atomic mass is 35.7. The van der Waals surface area contributed by atoms with E-state index in [1.165, 1.54) is 0 Å². The number of ether oxygens (including phenoxy) is 1. The van der Waals surface area contributed by atoms with Gasteiger partial charge in [-0.25, -0.2) is 0 Å². The van der Waals surface area contributed by atoms with E-state index >= 15 is 0 Å². The van der Waals surface area contributed by atoms with E-state index in [4.69, 9.17) is 27.6 Å². The summed E-state index contributed by atoms with van der Waals surface area (Å²) in [6.45, 7) is 14.3. The Balaban J connectivity index is 2.43. The Hall–Kier alpha value is 0.464. The van der Waals surface area contributed by atoms with Crippen LogP contribution in [0.25, 0.3) is 0 Å². The second-order valence-corrected chi connectivity index (χ2v) is 23.0. The average Bonchev–Trinajstić information content (AvgIpc) is 2.76. The Morgan fingerprint density at radius 2 is 1.40 bits per heavy atom. The maximum absolute atomic E-state index is 6.97. The van der Waals surface area contributed by atoms with E-state index in [2.05, 4.69) is 39.3 Å². The van der Waals surface area contributed by atoms with Crippen molar-refractivity contribution in [1.82, 2.24) is 0 Å². The molecule has 1 fully saturated rings. The molecule has 0 amide bonds. The molecular formula is C14H23Cl2OPSi2. The molecule has 0 spiro atoms. The van der Waals surface area contributed by atoms with Crippen LogP contribution in [0.5, 0.6) is 5.75 Å². The van der Waals surface area contributed by atoms with Gasteiger partial charge in [0.25, 0.3) is 0 Å². The van der Waals surface area contributed by atoms with E-state index in [-0.39, 0.29) is 4.40 Å². The molecule has 1 nitrogen and oxygen atoms in total. The fourth-order valence-electron chi connectivity index (χ4n) is 3.68. The molecule has 0 N–H and O–H groups in total. The first-order chi connectivity index (χ1) is 8.98. The van der Waals surface area contributed by atoms with Crippen LogP contribution in [-0.2, 0) is 0 Å². The van der Waals surface area contributed by atoms with Gasteiger partial charge in [0, 0.05) is 0 Å². The van der Waals surface area contributed by atoms with Crippen molar-refractivity contribution in [2.24, 2.45) is 0 Å². The van der Waals surface area contributed by atoms with Crippen LogP contribution >= 0.6 is 30.1 Å². The zero-order chi connectivity index (χ0) is 15.4. The molecule has 112 valence electrons. The van der Waals surface area contributed by atoms with E-state index in [0.717, 1.165) is 5.75 Å². The highest BCUT2D eigenvalue weighted by molar-refractivity contribution is 7.99. The maximum atomic E-state index is 6.97. The Morgan fingerprint density at radius 3 is 1.75 bits per heavy atom. The molecule has 1 heterocycles. The van der Waals surface area contributed by atoms with E-state index in [1.54, 1.807) is 0 Å². The molecule has 1 unspecified atom stereocenters. The van der Waals surface area contributed by atoms with E-state index < -0.39 is 28.2 Å². The number of benzene rings is 1. The largest absolute Gasteiger partial charge is 0.467 e. The molecule has 1 aliphatic heterocycles. The molecule has 0 saturated carbocycles. The molecular weight excluding hydrogens is 342 g/mol. The van der Waals surface area contributed by atoms with Gasteiger partial charge in [0.2, 0.25) is 4.80 Å². The smallest absolute Gasteiger partial charge is 0.220 e. The number of rotatable bonds is 4. The van der Waals surface area contributed by atoms with Gasteiger partial charge in [0.1, 0.15) is 5.75 Å². The molecule has 1 saturated heterocycles. The maximum Gasteiger partial charge on any atom is 0.220 e. The van der Waals surface area contributed by atoms with Crippen LogP contribution in [0.2, 0.25) is 39.3 Å². The Bertz CT molecular complexity index is 484. The summed E-state index contributed by atoms with van der Waals surface area (Å²) in [6, 6.07) is 9.84. The third-order valence-corrected chi connectivity index (χ3v) is 25.0. The van der Waals surface area contributed by atoms with Crippen molar-refractivity contribution in [3.8, 4) is 5.75 Å². The summed E-state index contributed by atoms with van der Waals surface area (Å²) >= 11 is 13.8. The van der Waals surface area contributed by atoms with Crippen molar-refractivity contribution in [3.05, 3.63) is 30.3 Å². The zero-order valence-electron chi connectivity index (χ0n) is 13.0. The Labute approximate surface area is 135 Å². The molecule has 2 atom stereocenters. The lowest BCUT2D eigenvalue weighted by Gasteiger charge is -2.40. The van der Waals surface area contributed by atoms with Crippen molar-refractivity contribution in [2.75, 3.05) is 0 Å². The monoisotopic (exact) mass is 364 g/mol. The first-order valence-corrected chi connectivity index (χ1v) is 16.5. The molecule has 2 rings (SSSR count). The first kappa shape index (κ1) is 16.8. The minimum atomic E-state index is -1.56. The quantitative estimate of drug-likeness (QED) is 0.356. The van der Waals surface area contributed by atoms with Crippen LogP contribution < -0.4 is 4.74 Å². The minimum Gasteiger partial charge on any atom is -0.467 e. The van der Waals surface area contributed by atoms with Crippen molar-refractivity contribution < 1.29 is 4.74 Å². The van der Waals surface area contributed by atoms with Gasteiger partial charge in [0.05, 0.1) is 27.8 Å². The predicted octanol–water partition coefficient (Wildman–Crippen LogP) is 6.10. The topological polar surface area (TPSA) is 9.23 Å². The average molecular weight is 365 g/mol. The van der Waals surface area contributed by atoms with Crippen molar-refractivity contribution >= 4 is 46.3 Å². The SMILES string of the molecule is C[Si](C)(C)C1([Si](C)(C)C)[P@](Cl)C1(Cl)Oc1ccccc1. The summed E-state index contributed by atoms with van der Waals surface area (Å²) in [5.74, 6) is 0.828. The standard InChI is InChI=1S/C14H23Cl2OPSi2/c1-19(2,3)14(20(4,5)6)13(15,18(14)16)17-12-10-8-7-9-11-12/h7-11H,1-6H3/t13?,18-/m1/s1. The van der Waals surface area contributed by atoms with Crippen LogP contribution in [0.15, 0.2) is 30.3 Å². The van der Waals surface area contributed by atoms with Gasteiger partial charge in [-0.1, -0.05) is 80.3 Å². The van der Waals surface area contributed by atoms with Crippen LogP contribution in [0.3, 0.4) is 0 Å². The van der Waals surface area contributed by atoms with Gasteiger partial charge in [0.15, 0.2) is 0 Å². The van der Waals surface area contributed by atoms with Gasteiger partial charge in [-0.3, -0.25) is 0 Å². The van der Waals surface area contributed by atoms with Crippen LogP contribution in [0.4, 0.5) is 0 Å². The van der Waals surface area contributed by atoms with Gasteiger partial charge in [-0.2, -0.15) is 0 Å². The van der Waals surface area contributed by atoms with Gasteiger partial charge >= 0.3 is 0 Å². The zero-order valence-corrected chi connectivity index (χ0v) is 17.4. The lowest BCUT2D eigenvalue weighted by Crippen LogP contribution is -2.61. The molecule has 1 aromatic rings. The molecule has 0 aliphatic carbocycles. The summed E-state index contributed by atoms with van der Waals surface area (Å²) in [6.07, 6.45) is 0. The molecule has 0 aromatic heterocycles. The number of alkyl halides is 1. The molecule has 1 aliphatic rings. The normalized spacial score (nSPS) is 29.1. The second-order valence-electron chi connectivity index (χ2n) is 7.47. The third kappa shape index (κ3) is 2.21. The Kier molecular flexibility index (Phi) is 4.20. The van der Waals surface area contributed by atoms with Gasteiger partial charge in [-0.15, -0.1) is 0 Å². The molecule has 0 radical (unpaired) electrons. The number of hydrogen-bond donors (Lipinski definition) is 0. The summed E-state index contributed by atoms with van der Waals surface area (Å²) in [4.78, 5) is -0.680. The number of hydrogen-bond acceptors (Lipinski definition) is 1. The third-order valence-electron chi connectivity index (χ3n) is 4.11. The van der Waals surface area contributed by atoms with E-state index in [0.29, 0.717) is 0 Å². The predicted molar refractivity (Wildman–Crippen MR) is 97.9 cm³/mol. The molecule has 20 heavy (non-hydrogen) atoms. The highest BCUT2D eigenvalue weighted by Gasteiger charge is 2.87. The van der Waals surface area contributed by atoms with Crippen LogP contribution in [0, 0.1) is 0 Å². The van der Waals surface area contributed by atoms with Gasteiger partial charge in [-0.05, 0) is 12.1 Å². The summed E-state index contributed by atoms with van der Waals surface area (Å²) in [5.41, 5.74) is 0. The fraction of sp³-hybridized carbons (Fsp3) is 0.571. The highest BCUT2D eigenvalue weighted by Crippen LogP contribution is 2.92. The fourth-order valence-corrected chi connectivity index (χ4v) is 32.3. The summed E-state index contributed by atoms with van der Waals surface area (Å²) in [7, 11) is -3.94. The molecule has 6 heteroatoms.